The van der Waals surface area contributed by atoms with Crippen LogP contribution in [0.5, 0.6) is 0 Å². The van der Waals surface area contributed by atoms with Gasteiger partial charge in [0.15, 0.2) is 0 Å². The molecule has 184 valence electrons. The van der Waals surface area contributed by atoms with Crippen LogP contribution in [0.1, 0.15) is 22.3 Å². The van der Waals surface area contributed by atoms with Crippen LogP contribution in [0, 0.1) is 0 Å². The maximum absolute atomic E-state index is 12.7. The summed E-state index contributed by atoms with van der Waals surface area (Å²) in [7, 11) is -3.72. The zero-order valence-electron chi connectivity index (χ0n) is 19.8. The first kappa shape index (κ1) is 24.9. The lowest BCUT2D eigenvalue weighted by Gasteiger charge is -2.36. The van der Waals surface area contributed by atoms with Gasteiger partial charge < -0.3 is 10.2 Å². The number of amides is 1. The molecule has 3 aromatic rings. The molecule has 2 N–H and O–H groups in total. The third-order valence-electron chi connectivity index (χ3n) is 6.15. The number of carbonyl (C=O) groups excluding carboxylic acids is 1. The molecule has 1 saturated heterocycles. The number of nitrogens with one attached hydrogen (secondary N) is 2. The Morgan fingerprint density at radius 3 is 2.23 bits per heavy atom. The van der Waals surface area contributed by atoms with Gasteiger partial charge in [0, 0.05) is 50.5 Å². The van der Waals surface area contributed by atoms with Crippen molar-refractivity contribution in [1.29, 1.82) is 0 Å². The Kier molecular flexibility index (Phi) is 8.52. The lowest BCUT2D eigenvalue weighted by Crippen LogP contribution is -2.47. The van der Waals surface area contributed by atoms with Crippen molar-refractivity contribution in [3.63, 3.8) is 0 Å². The van der Waals surface area contributed by atoms with Crippen LogP contribution in [-0.4, -0.2) is 58.5 Å². The zero-order valence-corrected chi connectivity index (χ0v) is 20.6. The van der Waals surface area contributed by atoms with Crippen molar-refractivity contribution in [2.24, 2.45) is 0 Å². The fourth-order valence-corrected chi connectivity index (χ4v) is 5.20. The largest absolute Gasteiger partial charge is 0.369 e. The maximum atomic E-state index is 12.7. The summed E-state index contributed by atoms with van der Waals surface area (Å²) in [5, 5.41) is 2.92. The van der Waals surface area contributed by atoms with Gasteiger partial charge in [0.05, 0.1) is 4.90 Å². The van der Waals surface area contributed by atoms with Crippen molar-refractivity contribution in [3.8, 4) is 0 Å². The highest BCUT2D eigenvalue weighted by Gasteiger charge is 2.18. The minimum Gasteiger partial charge on any atom is -0.369 e. The topological polar surface area (TPSA) is 81.8 Å². The Hall–Kier alpha value is -3.20. The van der Waals surface area contributed by atoms with Crippen molar-refractivity contribution < 1.29 is 13.2 Å². The van der Waals surface area contributed by atoms with Gasteiger partial charge in [-0.25, -0.2) is 13.1 Å². The zero-order chi connectivity index (χ0) is 24.5. The summed E-state index contributed by atoms with van der Waals surface area (Å²) < 4.78 is 27.9. The molecule has 0 saturated carbocycles. The summed E-state index contributed by atoms with van der Waals surface area (Å²) in [4.78, 5) is 17.5. The van der Waals surface area contributed by atoms with E-state index >= 15 is 0 Å². The second-order valence-electron chi connectivity index (χ2n) is 8.61. The number of rotatable bonds is 10. The first-order valence-corrected chi connectivity index (χ1v) is 13.4. The highest BCUT2D eigenvalue weighted by molar-refractivity contribution is 7.89. The van der Waals surface area contributed by atoms with Crippen LogP contribution in [0.25, 0.3) is 0 Å². The van der Waals surface area contributed by atoms with Gasteiger partial charge in [-0.15, -0.1) is 0 Å². The number of nitrogens with zero attached hydrogens (tertiary/aromatic N) is 2. The minimum absolute atomic E-state index is 0.0809. The Balaban J connectivity index is 1.21. The van der Waals surface area contributed by atoms with E-state index < -0.39 is 10.0 Å². The van der Waals surface area contributed by atoms with Crippen molar-refractivity contribution >= 4 is 21.6 Å². The predicted molar refractivity (Wildman–Crippen MR) is 139 cm³/mol. The van der Waals surface area contributed by atoms with Gasteiger partial charge >= 0.3 is 0 Å². The standard InChI is InChI=1S/C27H32N4O3S/c32-27(28-15-8-16-30-17-19-31(20-18-30)25-12-5-2-6-13-25)24-11-7-14-26(21-24)35(33,34)29-22-23-9-3-1-4-10-23/h1-7,9-14,21,29H,8,15-20,22H2,(H,28,32). The summed E-state index contributed by atoms with van der Waals surface area (Å²) in [6.45, 7) is 5.64. The molecule has 0 unspecified atom stereocenters. The molecule has 0 atom stereocenters. The smallest absolute Gasteiger partial charge is 0.251 e. The van der Waals surface area contributed by atoms with Crippen LogP contribution in [0.2, 0.25) is 0 Å². The van der Waals surface area contributed by atoms with E-state index in [1.54, 1.807) is 12.1 Å². The molecule has 0 radical (unpaired) electrons. The van der Waals surface area contributed by atoms with Crippen LogP contribution in [0.3, 0.4) is 0 Å². The van der Waals surface area contributed by atoms with Gasteiger partial charge in [0.1, 0.15) is 0 Å². The molecule has 1 aliphatic heterocycles. The van der Waals surface area contributed by atoms with E-state index in [4.69, 9.17) is 0 Å². The Labute approximate surface area is 207 Å². The highest BCUT2D eigenvalue weighted by Crippen LogP contribution is 2.16. The molecule has 1 heterocycles. The molecule has 7 nitrogen and oxygen atoms in total. The van der Waals surface area contributed by atoms with Crippen LogP contribution in [0.15, 0.2) is 89.8 Å². The van der Waals surface area contributed by atoms with E-state index in [9.17, 15) is 13.2 Å². The molecule has 0 aromatic heterocycles. The molecular formula is C27H32N4O3S. The van der Waals surface area contributed by atoms with Crippen LogP contribution >= 0.6 is 0 Å². The van der Waals surface area contributed by atoms with Crippen molar-refractivity contribution in [1.82, 2.24) is 14.9 Å². The van der Waals surface area contributed by atoms with E-state index in [2.05, 4.69) is 44.1 Å². The predicted octanol–water partition coefficient (Wildman–Crippen LogP) is 3.11. The van der Waals surface area contributed by atoms with Gasteiger partial charge in [-0.1, -0.05) is 54.6 Å². The minimum atomic E-state index is -3.72. The van der Waals surface area contributed by atoms with Gasteiger partial charge in [-0.3, -0.25) is 9.69 Å². The second-order valence-corrected chi connectivity index (χ2v) is 10.4. The van der Waals surface area contributed by atoms with E-state index in [1.807, 2.05) is 36.4 Å². The quantitative estimate of drug-likeness (QED) is 0.425. The fraction of sp³-hybridized carbons (Fsp3) is 0.296. The second kappa shape index (κ2) is 12.0. The summed E-state index contributed by atoms with van der Waals surface area (Å²) in [6, 6.07) is 25.9. The molecule has 0 bridgehead atoms. The number of para-hydroxylation sites is 1. The van der Waals surface area contributed by atoms with Crippen molar-refractivity contribution in [2.75, 3.05) is 44.2 Å². The highest BCUT2D eigenvalue weighted by atomic mass is 32.2. The van der Waals surface area contributed by atoms with Gasteiger partial charge in [-0.05, 0) is 48.9 Å². The summed E-state index contributed by atoms with van der Waals surface area (Å²) in [5.74, 6) is -0.265. The Morgan fingerprint density at radius 1 is 0.829 bits per heavy atom. The summed E-state index contributed by atoms with van der Waals surface area (Å²) >= 11 is 0. The molecule has 4 rings (SSSR count). The molecule has 0 aliphatic carbocycles. The molecular weight excluding hydrogens is 460 g/mol. The number of piperazine rings is 1. The fourth-order valence-electron chi connectivity index (χ4n) is 4.14. The number of sulfonamides is 1. The number of benzene rings is 3. The van der Waals surface area contributed by atoms with E-state index in [1.165, 1.54) is 17.8 Å². The van der Waals surface area contributed by atoms with Gasteiger partial charge in [-0.2, -0.15) is 0 Å². The third kappa shape index (κ3) is 7.14. The number of carbonyl (C=O) groups is 1. The average molecular weight is 493 g/mol. The van der Waals surface area contributed by atoms with Crippen molar-refractivity contribution in [3.05, 3.63) is 96.1 Å². The molecule has 3 aromatic carbocycles. The molecule has 1 amide bonds. The Bertz CT molecular complexity index is 1200. The molecule has 8 heteroatoms. The number of anilines is 1. The molecule has 0 spiro atoms. The SMILES string of the molecule is O=C(NCCCN1CCN(c2ccccc2)CC1)c1cccc(S(=O)(=O)NCc2ccccc2)c1. The first-order valence-electron chi connectivity index (χ1n) is 12.0. The molecule has 1 aliphatic rings. The van der Waals surface area contributed by atoms with E-state index in [-0.39, 0.29) is 17.3 Å². The van der Waals surface area contributed by atoms with Crippen LogP contribution in [0.4, 0.5) is 5.69 Å². The number of hydrogen-bond acceptors (Lipinski definition) is 5. The third-order valence-corrected chi connectivity index (χ3v) is 7.54. The summed E-state index contributed by atoms with van der Waals surface area (Å²) in [5.41, 5.74) is 2.47. The Morgan fingerprint density at radius 2 is 1.51 bits per heavy atom. The molecule has 1 fully saturated rings. The molecule has 35 heavy (non-hydrogen) atoms. The monoisotopic (exact) mass is 492 g/mol. The van der Waals surface area contributed by atoms with E-state index in [0.717, 1.165) is 44.7 Å². The van der Waals surface area contributed by atoms with Gasteiger partial charge in [0.25, 0.3) is 5.91 Å². The number of hydrogen-bond donors (Lipinski definition) is 2. The lowest BCUT2D eigenvalue weighted by atomic mass is 10.2. The van der Waals surface area contributed by atoms with Crippen LogP contribution < -0.4 is 14.9 Å². The van der Waals surface area contributed by atoms with Crippen molar-refractivity contribution in [2.45, 2.75) is 17.9 Å². The average Bonchev–Trinajstić information content (AvgIpc) is 2.91. The van der Waals surface area contributed by atoms with E-state index in [0.29, 0.717) is 12.1 Å². The summed E-state index contributed by atoms with van der Waals surface area (Å²) in [6.07, 6.45) is 0.841. The maximum Gasteiger partial charge on any atom is 0.251 e. The lowest BCUT2D eigenvalue weighted by molar-refractivity contribution is 0.0951. The van der Waals surface area contributed by atoms with Crippen LogP contribution in [-0.2, 0) is 16.6 Å². The van der Waals surface area contributed by atoms with Gasteiger partial charge in [0.2, 0.25) is 10.0 Å². The first-order chi connectivity index (χ1) is 17.0. The normalized spacial score (nSPS) is 14.6.